The van der Waals surface area contributed by atoms with Crippen LogP contribution in [0, 0.1) is 0 Å². The van der Waals surface area contributed by atoms with Gasteiger partial charge in [0.15, 0.2) is 11.3 Å². The van der Waals surface area contributed by atoms with Gasteiger partial charge < -0.3 is 19.0 Å². The molecule has 0 unspecified atom stereocenters. The predicted molar refractivity (Wildman–Crippen MR) is 68.2 cm³/mol. The summed E-state index contributed by atoms with van der Waals surface area (Å²) >= 11 is 0. The van der Waals surface area contributed by atoms with E-state index in [-0.39, 0.29) is 12.2 Å². The fourth-order valence-electron chi connectivity index (χ4n) is 2.37. The summed E-state index contributed by atoms with van der Waals surface area (Å²) in [4.78, 5) is 10.6. The topological polar surface area (TPSA) is 83.8 Å². The molecule has 0 aliphatic rings. The van der Waals surface area contributed by atoms with Crippen molar-refractivity contribution in [3.63, 3.8) is 0 Å². The van der Waals surface area contributed by atoms with Gasteiger partial charge in [0, 0.05) is 17.4 Å². The molecule has 0 saturated heterocycles. The Hall–Kier alpha value is -2.43. The smallest absolute Gasteiger partial charge is 0.303 e. The number of hydrogen-bond donors (Lipinski definition) is 2. The van der Waals surface area contributed by atoms with Gasteiger partial charge in [-0.15, -0.1) is 0 Å². The average Bonchev–Trinajstić information content (AvgIpc) is 3.01. The van der Waals surface area contributed by atoms with Crippen LogP contribution in [0.1, 0.15) is 18.4 Å². The molecule has 2 aromatic heterocycles. The van der Waals surface area contributed by atoms with Crippen LogP contribution in [-0.4, -0.2) is 16.2 Å². The van der Waals surface area contributed by atoms with Gasteiger partial charge in [-0.05, 0) is 25.0 Å². The summed E-state index contributed by atoms with van der Waals surface area (Å²) in [6.07, 6.45) is 4.18. The number of aryl methyl sites for hydroxylation is 1. The van der Waals surface area contributed by atoms with Crippen LogP contribution >= 0.6 is 0 Å². The van der Waals surface area contributed by atoms with Crippen LogP contribution in [-0.2, 0) is 11.2 Å². The fourth-order valence-corrected chi connectivity index (χ4v) is 2.37. The number of carbonyl (C=O) groups is 1. The van der Waals surface area contributed by atoms with Crippen molar-refractivity contribution in [1.29, 1.82) is 0 Å². The number of phenolic OH excluding ortho intramolecular Hbond substituents is 1. The third-order valence-corrected chi connectivity index (χ3v) is 3.22. The maximum atomic E-state index is 10.6. The Labute approximate surface area is 108 Å². The maximum Gasteiger partial charge on any atom is 0.303 e. The molecule has 0 bridgehead atoms. The number of aromatic hydroxyl groups is 1. The highest BCUT2D eigenvalue weighted by atomic mass is 16.4. The zero-order valence-electron chi connectivity index (χ0n) is 10.0. The molecular formula is C14H12O5. The number of carboxylic acid groups (broad SMARTS) is 1. The molecule has 5 nitrogen and oxygen atoms in total. The van der Waals surface area contributed by atoms with Gasteiger partial charge >= 0.3 is 5.97 Å². The van der Waals surface area contributed by atoms with E-state index in [4.69, 9.17) is 13.9 Å². The molecule has 3 aromatic rings. The molecule has 2 N–H and O–H groups in total. The van der Waals surface area contributed by atoms with Crippen molar-refractivity contribution in [2.24, 2.45) is 0 Å². The number of aliphatic carboxylic acids is 1. The third kappa shape index (κ3) is 1.83. The van der Waals surface area contributed by atoms with Crippen molar-refractivity contribution < 1.29 is 23.8 Å². The van der Waals surface area contributed by atoms with E-state index in [1.54, 1.807) is 12.1 Å². The summed E-state index contributed by atoms with van der Waals surface area (Å²) in [6.45, 7) is 0. The Kier molecular flexibility index (Phi) is 2.67. The van der Waals surface area contributed by atoms with Crippen molar-refractivity contribution in [2.75, 3.05) is 0 Å². The lowest BCUT2D eigenvalue weighted by Gasteiger charge is -2.05. The quantitative estimate of drug-likeness (QED) is 0.751. The van der Waals surface area contributed by atoms with Crippen LogP contribution in [0.3, 0.4) is 0 Å². The van der Waals surface area contributed by atoms with E-state index in [1.807, 2.05) is 0 Å². The zero-order chi connectivity index (χ0) is 13.4. The number of furan rings is 2. The number of fused-ring (bicyclic) bond motifs is 2. The number of benzene rings is 1. The second-order valence-electron chi connectivity index (χ2n) is 4.40. The van der Waals surface area contributed by atoms with Crippen LogP contribution in [0.4, 0.5) is 0 Å². The van der Waals surface area contributed by atoms with Crippen molar-refractivity contribution in [1.82, 2.24) is 0 Å². The summed E-state index contributed by atoms with van der Waals surface area (Å²) in [5.74, 6) is -0.761. The molecule has 3 rings (SSSR count). The van der Waals surface area contributed by atoms with Crippen LogP contribution < -0.4 is 0 Å². The molecule has 98 valence electrons. The van der Waals surface area contributed by atoms with Gasteiger partial charge in [0.1, 0.15) is 5.58 Å². The lowest BCUT2D eigenvalue weighted by molar-refractivity contribution is -0.137. The minimum absolute atomic E-state index is 0.0609. The van der Waals surface area contributed by atoms with E-state index < -0.39 is 5.97 Å². The highest BCUT2D eigenvalue weighted by Crippen LogP contribution is 2.39. The standard InChI is InChI=1S/C14H12O5/c15-11(16)3-1-2-8-9-4-6-19-14(9)12(17)10-5-7-18-13(8)10/h4-7,17H,1-3H2,(H,15,16). The molecule has 0 aliphatic carbocycles. The zero-order valence-corrected chi connectivity index (χ0v) is 10.0. The summed E-state index contributed by atoms with van der Waals surface area (Å²) in [5.41, 5.74) is 1.89. The van der Waals surface area contributed by atoms with Gasteiger partial charge in [0.2, 0.25) is 0 Å². The first-order chi connectivity index (χ1) is 9.18. The SMILES string of the molecule is O=C(O)CCCc1c2ccoc2c(O)c2ccoc12. The summed E-state index contributed by atoms with van der Waals surface area (Å²) in [6, 6.07) is 3.43. The molecule has 0 spiro atoms. The predicted octanol–water partition coefficient (Wildman–Crippen LogP) is 3.29. The van der Waals surface area contributed by atoms with Gasteiger partial charge in [0.05, 0.1) is 17.9 Å². The molecule has 5 heteroatoms. The minimum atomic E-state index is -0.821. The normalized spacial score (nSPS) is 11.4. The molecule has 0 amide bonds. The van der Waals surface area contributed by atoms with Gasteiger partial charge in [-0.25, -0.2) is 0 Å². The molecule has 0 fully saturated rings. The first-order valence-corrected chi connectivity index (χ1v) is 5.98. The highest BCUT2D eigenvalue weighted by molar-refractivity contribution is 6.03. The molecule has 0 aliphatic heterocycles. The summed E-state index contributed by atoms with van der Waals surface area (Å²) in [5, 5.41) is 20.1. The van der Waals surface area contributed by atoms with E-state index in [0.717, 1.165) is 10.9 Å². The van der Waals surface area contributed by atoms with Gasteiger partial charge in [-0.3, -0.25) is 4.79 Å². The molecule has 0 atom stereocenters. The third-order valence-electron chi connectivity index (χ3n) is 3.22. The van der Waals surface area contributed by atoms with Crippen LogP contribution in [0.25, 0.3) is 21.9 Å². The lowest BCUT2D eigenvalue weighted by Crippen LogP contribution is -1.96. The van der Waals surface area contributed by atoms with Gasteiger partial charge in [-0.1, -0.05) is 0 Å². The second-order valence-corrected chi connectivity index (χ2v) is 4.40. The Bertz CT molecular complexity index is 698. The maximum absolute atomic E-state index is 10.6. The number of phenols is 1. The summed E-state index contributed by atoms with van der Waals surface area (Å²) < 4.78 is 10.7. The van der Waals surface area contributed by atoms with Crippen molar-refractivity contribution in [3.8, 4) is 5.75 Å². The van der Waals surface area contributed by atoms with E-state index in [0.29, 0.717) is 29.4 Å². The molecule has 0 saturated carbocycles. The highest BCUT2D eigenvalue weighted by Gasteiger charge is 2.17. The van der Waals surface area contributed by atoms with Gasteiger partial charge in [0.25, 0.3) is 0 Å². The van der Waals surface area contributed by atoms with Crippen molar-refractivity contribution >= 4 is 27.9 Å². The average molecular weight is 260 g/mol. The monoisotopic (exact) mass is 260 g/mol. The van der Waals surface area contributed by atoms with E-state index >= 15 is 0 Å². The largest absolute Gasteiger partial charge is 0.504 e. The first kappa shape index (κ1) is 11.6. The van der Waals surface area contributed by atoms with E-state index in [9.17, 15) is 9.90 Å². The van der Waals surface area contributed by atoms with Crippen molar-refractivity contribution in [2.45, 2.75) is 19.3 Å². The Morgan fingerprint density at radius 3 is 2.53 bits per heavy atom. The number of rotatable bonds is 4. The van der Waals surface area contributed by atoms with Crippen LogP contribution in [0.2, 0.25) is 0 Å². The van der Waals surface area contributed by atoms with E-state index in [2.05, 4.69) is 0 Å². The Balaban J connectivity index is 2.13. The molecule has 2 heterocycles. The van der Waals surface area contributed by atoms with Crippen molar-refractivity contribution in [3.05, 3.63) is 30.2 Å². The lowest BCUT2D eigenvalue weighted by atomic mass is 10.0. The molecule has 1 aromatic carbocycles. The second kappa shape index (κ2) is 4.35. The molecule has 0 radical (unpaired) electrons. The number of carboxylic acids is 1. The number of hydrogen-bond acceptors (Lipinski definition) is 4. The Morgan fingerprint density at radius 1 is 1.11 bits per heavy atom. The van der Waals surface area contributed by atoms with Crippen LogP contribution in [0.15, 0.2) is 33.5 Å². The molecular weight excluding hydrogens is 248 g/mol. The van der Waals surface area contributed by atoms with Crippen LogP contribution in [0.5, 0.6) is 5.75 Å². The molecule has 19 heavy (non-hydrogen) atoms. The Morgan fingerprint density at radius 2 is 1.79 bits per heavy atom. The fraction of sp³-hybridized carbons (Fsp3) is 0.214. The first-order valence-electron chi connectivity index (χ1n) is 5.98. The minimum Gasteiger partial charge on any atom is -0.504 e. The summed E-state index contributed by atoms with van der Waals surface area (Å²) in [7, 11) is 0. The van der Waals surface area contributed by atoms with Gasteiger partial charge in [-0.2, -0.15) is 0 Å². The van der Waals surface area contributed by atoms with E-state index in [1.165, 1.54) is 12.5 Å².